The van der Waals surface area contributed by atoms with Gasteiger partial charge in [-0.2, -0.15) is 0 Å². The molecule has 4 N–H and O–H groups in total. The van der Waals surface area contributed by atoms with Gasteiger partial charge in [0.05, 0.1) is 35.6 Å². The molecule has 3 aromatic rings. The van der Waals surface area contributed by atoms with Crippen LogP contribution in [0.15, 0.2) is 102 Å². The molecule has 7 rings (SSSR count). The third kappa shape index (κ3) is 7.29. The van der Waals surface area contributed by atoms with Crippen LogP contribution in [0.5, 0.6) is 0 Å². The summed E-state index contributed by atoms with van der Waals surface area (Å²) in [6.07, 6.45) is -10.5. The number of amides is 1. The van der Waals surface area contributed by atoms with Crippen molar-refractivity contribution in [2.24, 2.45) is 16.7 Å². The van der Waals surface area contributed by atoms with Crippen molar-refractivity contribution in [2.75, 3.05) is 6.61 Å². The van der Waals surface area contributed by atoms with Gasteiger partial charge < -0.3 is 44.3 Å². The number of fused-ring (bicyclic) bond motifs is 5. The number of Topliss-reactive ketones (excluding diaryl/α,β-unsaturated/α-hetero) is 1. The second-order valence-electron chi connectivity index (χ2n) is 17.4. The largest absolute Gasteiger partial charge is 0.456 e. The maximum absolute atomic E-state index is 15.5. The zero-order chi connectivity index (χ0) is 44.9. The van der Waals surface area contributed by atoms with Crippen molar-refractivity contribution in [1.82, 2.24) is 5.32 Å². The van der Waals surface area contributed by atoms with Gasteiger partial charge in [0.2, 0.25) is 0 Å². The molecule has 1 amide bonds. The molecule has 62 heavy (non-hydrogen) atoms. The molecule has 2 bridgehead atoms. The lowest BCUT2D eigenvalue weighted by Crippen LogP contribution is -2.82. The van der Waals surface area contributed by atoms with Crippen molar-refractivity contribution in [3.8, 4) is 0 Å². The lowest BCUT2D eigenvalue weighted by atomic mass is 9.44. The molecule has 1 unspecified atom stereocenters. The van der Waals surface area contributed by atoms with Crippen LogP contribution < -0.4 is 5.32 Å². The molecule has 2 saturated carbocycles. The van der Waals surface area contributed by atoms with E-state index in [1.54, 1.807) is 92.7 Å². The molecular weight excluding hydrogens is 803 g/mol. The normalized spacial score (nSPS) is 31.9. The minimum Gasteiger partial charge on any atom is -0.456 e. The predicted molar refractivity (Wildman–Crippen MR) is 218 cm³/mol. The predicted octanol–water partition coefficient (Wildman–Crippen LogP) is 3.74. The standard InChI is InChI=1S/C47H51NO14/c1-25-31(60-43(56)36(52)35(28-16-10-7-11-17-28)48-41(54)29-18-12-8-13-19-29)23-47(57)40(61-42(55)30-20-14-9-15-21-30)38-45(6,32(51)22-33-46(38,24-58-33)62-27(3)50)39(53)37(59-26(2)49)34(25)44(47,4)5/h7-21,31-33,35-38,40,51-52,57H,22-24H2,1-6H3,(H,48,54)/t31-,32-,33+,35-,36?,37+,38-,40-,45+,46-,47+/m0/s1. The Kier molecular flexibility index (Phi) is 11.8. The lowest BCUT2D eigenvalue weighted by molar-refractivity contribution is -0.346. The van der Waals surface area contributed by atoms with Crippen LogP contribution in [0.3, 0.4) is 0 Å². The number of carbonyl (C=O) groups is 6. The summed E-state index contributed by atoms with van der Waals surface area (Å²) in [6, 6.07) is 22.9. The minimum absolute atomic E-state index is 0.00289. The Morgan fingerprint density at radius 1 is 0.823 bits per heavy atom. The summed E-state index contributed by atoms with van der Waals surface area (Å²) >= 11 is 0. The van der Waals surface area contributed by atoms with Crippen LogP contribution in [-0.4, -0.2) is 105 Å². The molecule has 1 aliphatic heterocycles. The van der Waals surface area contributed by atoms with E-state index in [1.807, 2.05) is 0 Å². The zero-order valence-electron chi connectivity index (χ0n) is 35.2. The quantitative estimate of drug-likeness (QED) is 0.130. The number of ether oxygens (including phenoxy) is 5. The van der Waals surface area contributed by atoms with Crippen LogP contribution in [0.2, 0.25) is 0 Å². The van der Waals surface area contributed by atoms with Gasteiger partial charge >= 0.3 is 23.9 Å². The van der Waals surface area contributed by atoms with E-state index in [-0.39, 0.29) is 35.3 Å². The highest BCUT2D eigenvalue weighted by Crippen LogP contribution is 2.64. The third-order valence-corrected chi connectivity index (χ3v) is 13.5. The van der Waals surface area contributed by atoms with Crippen molar-refractivity contribution < 1.29 is 67.8 Å². The van der Waals surface area contributed by atoms with Gasteiger partial charge in [0.15, 0.2) is 23.6 Å². The number of carbonyl (C=O) groups excluding carboxylic acids is 6. The van der Waals surface area contributed by atoms with E-state index in [1.165, 1.54) is 26.0 Å². The fourth-order valence-electron chi connectivity index (χ4n) is 10.2. The number of rotatable bonds is 10. The summed E-state index contributed by atoms with van der Waals surface area (Å²) in [5, 5.41) is 40.2. The number of aliphatic hydroxyl groups excluding tert-OH is 2. The van der Waals surface area contributed by atoms with Crippen molar-refractivity contribution >= 4 is 35.6 Å². The summed E-state index contributed by atoms with van der Waals surface area (Å²) < 4.78 is 30.3. The Labute approximate surface area is 358 Å². The molecule has 3 aromatic carbocycles. The van der Waals surface area contributed by atoms with Crippen LogP contribution >= 0.6 is 0 Å². The van der Waals surface area contributed by atoms with Gasteiger partial charge in [0.25, 0.3) is 5.91 Å². The smallest absolute Gasteiger partial charge is 0.338 e. The first-order valence-electron chi connectivity index (χ1n) is 20.5. The fourth-order valence-corrected chi connectivity index (χ4v) is 10.2. The first-order valence-corrected chi connectivity index (χ1v) is 20.5. The van der Waals surface area contributed by atoms with E-state index in [2.05, 4.69) is 5.32 Å². The minimum atomic E-state index is -2.39. The third-order valence-electron chi connectivity index (χ3n) is 13.5. The van der Waals surface area contributed by atoms with Gasteiger partial charge in [-0.15, -0.1) is 0 Å². The molecule has 4 aliphatic rings. The van der Waals surface area contributed by atoms with Crippen LogP contribution in [0.25, 0.3) is 0 Å². The first kappa shape index (κ1) is 44.3. The van der Waals surface area contributed by atoms with Gasteiger partial charge in [0.1, 0.15) is 23.9 Å². The molecule has 0 spiro atoms. The maximum atomic E-state index is 15.5. The molecule has 1 saturated heterocycles. The second kappa shape index (κ2) is 16.5. The number of esters is 4. The molecule has 15 heteroatoms. The SMILES string of the molecule is CC(=O)O[C@H]1C(=O)[C@@]2(C)[C@H]([C@H](OC(=O)c3ccccc3)[C@]3(O)C[C@H](OC(=O)C(O)[C@@H](NC(=O)c4ccccc4)c4ccccc4)C(C)=C1C3(C)C)[C@]1(OC(C)=O)CO[C@@H]1C[C@@H]2O. The molecule has 1 heterocycles. The van der Waals surface area contributed by atoms with Crippen LogP contribution in [0.1, 0.15) is 86.7 Å². The Balaban J connectivity index is 1.39. The molecular formula is C47H51NO14. The van der Waals surface area contributed by atoms with Crippen molar-refractivity contribution in [1.29, 1.82) is 0 Å². The molecule has 3 fully saturated rings. The Hall–Kier alpha value is -5.74. The van der Waals surface area contributed by atoms with E-state index < -0.39 is 113 Å². The number of ketones is 1. The molecule has 15 nitrogen and oxygen atoms in total. The van der Waals surface area contributed by atoms with Gasteiger partial charge in [-0.3, -0.25) is 19.2 Å². The Bertz CT molecular complexity index is 2280. The summed E-state index contributed by atoms with van der Waals surface area (Å²) in [6.45, 7) is 7.97. The highest BCUT2D eigenvalue weighted by Gasteiger charge is 2.78. The molecule has 3 aliphatic carbocycles. The van der Waals surface area contributed by atoms with Crippen LogP contribution in [0, 0.1) is 16.7 Å². The molecule has 0 radical (unpaired) electrons. The average Bonchev–Trinajstić information content (AvgIpc) is 3.24. The second-order valence-corrected chi connectivity index (χ2v) is 17.4. The number of benzene rings is 3. The van der Waals surface area contributed by atoms with Gasteiger partial charge in [-0.1, -0.05) is 80.6 Å². The monoisotopic (exact) mass is 853 g/mol. The lowest BCUT2D eigenvalue weighted by Gasteiger charge is -2.67. The highest BCUT2D eigenvalue weighted by molar-refractivity contribution is 5.96. The molecule has 328 valence electrons. The summed E-state index contributed by atoms with van der Waals surface area (Å²) in [5.41, 5.74) is -7.02. The molecule has 11 atom stereocenters. The van der Waals surface area contributed by atoms with Gasteiger partial charge in [-0.05, 0) is 54.8 Å². The zero-order valence-corrected chi connectivity index (χ0v) is 35.2. The van der Waals surface area contributed by atoms with Crippen LogP contribution in [-0.2, 0) is 42.9 Å². The summed E-state index contributed by atoms with van der Waals surface area (Å²) in [5.74, 6) is -6.84. The van der Waals surface area contributed by atoms with Gasteiger partial charge in [0, 0.05) is 37.7 Å². The number of hydrogen-bond donors (Lipinski definition) is 4. The van der Waals surface area contributed by atoms with E-state index in [0.717, 1.165) is 13.8 Å². The van der Waals surface area contributed by atoms with E-state index in [4.69, 9.17) is 23.7 Å². The summed E-state index contributed by atoms with van der Waals surface area (Å²) in [7, 11) is 0. The van der Waals surface area contributed by atoms with Crippen molar-refractivity contribution in [2.45, 2.75) is 108 Å². The van der Waals surface area contributed by atoms with Gasteiger partial charge in [-0.25, -0.2) is 9.59 Å². The first-order chi connectivity index (χ1) is 29.3. The summed E-state index contributed by atoms with van der Waals surface area (Å²) in [4.78, 5) is 83.5. The van der Waals surface area contributed by atoms with E-state index in [0.29, 0.717) is 5.56 Å². The number of aliphatic hydroxyl groups is 3. The Morgan fingerprint density at radius 3 is 1.95 bits per heavy atom. The van der Waals surface area contributed by atoms with Crippen LogP contribution in [0.4, 0.5) is 0 Å². The fraction of sp³-hybridized carbons (Fsp3) is 0.447. The number of nitrogens with one attached hydrogen (secondary N) is 1. The molecule has 0 aromatic heterocycles. The maximum Gasteiger partial charge on any atom is 0.338 e. The Morgan fingerprint density at radius 2 is 1.40 bits per heavy atom. The van der Waals surface area contributed by atoms with Crippen molar-refractivity contribution in [3.05, 3.63) is 119 Å². The van der Waals surface area contributed by atoms with Crippen molar-refractivity contribution in [3.63, 3.8) is 0 Å². The number of hydrogen-bond acceptors (Lipinski definition) is 14. The highest BCUT2D eigenvalue weighted by atomic mass is 16.6. The van der Waals surface area contributed by atoms with E-state index >= 15 is 4.79 Å². The topological polar surface area (TPSA) is 221 Å². The average molecular weight is 854 g/mol. The van der Waals surface area contributed by atoms with E-state index in [9.17, 15) is 39.3 Å².